The topological polar surface area (TPSA) is 77.2 Å². The number of carbonyl (C=O) groups is 1. The van der Waals surface area contributed by atoms with Crippen LogP contribution in [0.3, 0.4) is 0 Å². The molecule has 0 aliphatic rings. The molecule has 0 unspecified atom stereocenters. The second kappa shape index (κ2) is 8.44. The van der Waals surface area contributed by atoms with Crippen molar-refractivity contribution in [3.8, 4) is 11.5 Å². The van der Waals surface area contributed by atoms with Crippen molar-refractivity contribution in [2.75, 3.05) is 11.1 Å². The summed E-state index contributed by atoms with van der Waals surface area (Å²) in [7, 11) is 0. The zero-order chi connectivity index (χ0) is 19.5. The predicted molar refractivity (Wildman–Crippen MR) is 119 cm³/mol. The monoisotopic (exact) mass is 385 g/mol. The van der Waals surface area contributed by atoms with Crippen molar-refractivity contribution in [1.29, 1.82) is 0 Å². The van der Waals surface area contributed by atoms with Crippen molar-refractivity contribution >= 4 is 28.2 Å². The Labute approximate surface area is 170 Å². The molecule has 0 bridgehead atoms. The molecule has 0 saturated carbocycles. The number of fused-ring (bicyclic) bond motifs is 1. The first-order valence-corrected chi connectivity index (χ1v) is 8.88. The summed E-state index contributed by atoms with van der Waals surface area (Å²) in [5.74, 6) is 1.52. The van der Waals surface area contributed by atoms with E-state index in [4.69, 9.17) is 10.5 Å². The minimum absolute atomic E-state index is 0. The number of aryl methyl sites for hydroxylation is 1. The number of rotatable bonds is 4. The Morgan fingerprint density at radius 1 is 0.931 bits per heavy atom. The number of aromatic nitrogens is 1. The van der Waals surface area contributed by atoms with Gasteiger partial charge in [-0.05, 0) is 65.7 Å². The van der Waals surface area contributed by atoms with Gasteiger partial charge in [-0.3, -0.25) is 4.79 Å². The zero-order valence-corrected chi connectivity index (χ0v) is 15.3. The number of ether oxygens (including phenoxy) is 1. The Kier molecular flexibility index (Phi) is 5.79. The number of amides is 1. The molecule has 4 rings (SSSR count). The molecule has 0 fully saturated rings. The van der Waals surface area contributed by atoms with E-state index in [1.165, 1.54) is 0 Å². The van der Waals surface area contributed by atoms with Gasteiger partial charge in [0.1, 0.15) is 17.3 Å². The van der Waals surface area contributed by atoms with Gasteiger partial charge < -0.3 is 15.8 Å². The number of nitrogens with two attached hydrogens (primary N) is 1. The van der Waals surface area contributed by atoms with Crippen LogP contribution in [0.15, 0.2) is 79.0 Å². The molecule has 1 aromatic heterocycles. The Bertz CT molecular complexity index is 1170. The maximum atomic E-state index is 12.6. The van der Waals surface area contributed by atoms with Gasteiger partial charge in [0.25, 0.3) is 5.91 Å². The van der Waals surface area contributed by atoms with E-state index in [1.54, 1.807) is 18.3 Å². The number of nitrogen functional groups attached to an aromatic ring is 1. The molecule has 0 radical (unpaired) electrons. The highest BCUT2D eigenvalue weighted by atomic mass is 16.5. The average molecular weight is 385 g/mol. The van der Waals surface area contributed by atoms with E-state index >= 15 is 0 Å². The minimum atomic E-state index is -0.152. The highest BCUT2D eigenvalue weighted by molar-refractivity contribution is 6.06. The fourth-order valence-electron chi connectivity index (χ4n) is 2.98. The Balaban J connectivity index is 0.00000240. The number of pyridine rings is 1. The maximum Gasteiger partial charge on any atom is 0.255 e. The lowest BCUT2D eigenvalue weighted by molar-refractivity contribution is 0.102. The van der Waals surface area contributed by atoms with Crippen LogP contribution in [0.1, 0.15) is 23.3 Å². The van der Waals surface area contributed by atoms with Gasteiger partial charge in [0, 0.05) is 23.5 Å². The summed E-state index contributed by atoms with van der Waals surface area (Å²) in [6.45, 7) is 1.99. The molecule has 5 heteroatoms. The molecule has 4 aromatic rings. The highest BCUT2D eigenvalue weighted by Gasteiger charge is 2.08. The number of hydrogen-bond donors (Lipinski definition) is 2. The van der Waals surface area contributed by atoms with Gasteiger partial charge in [-0.1, -0.05) is 31.7 Å². The second-order valence-corrected chi connectivity index (χ2v) is 6.57. The molecular weight excluding hydrogens is 362 g/mol. The summed E-state index contributed by atoms with van der Waals surface area (Å²) in [5.41, 5.74) is 8.14. The fourth-order valence-corrected chi connectivity index (χ4v) is 2.98. The first-order valence-electron chi connectivity index (χ1n) is 8.88. The number of hydrogen-bond acceptors (Lipinski definition) is 4. The van der Waals surface area contributed by atoms with Crippen LogP contribution in [0, 0.1) is 6.92 Å². The Hall–Kier alpha value is -3.86. The lowest BCUT2D eigenvalue weighted by Crippen LogP contribution is -2.11. The van der Waals surface area contributed by atoms with Gasteiger partial charge in [0.15, 0.2) is 0 Å². The van der Waals surface area contributed by atoms with E-state index < -0.39 is 0 Å². The minimum Gasteiger partial charge on any atom is -0.457 e. The van der Waals surface area contributed by atoms with Crippen molar-refractivity contribution in [3.63, 3.8) is 0 Å². The van der Waals surface area contributed by atoms with Gasteiger partial charge in [0.05, 0.1) is 0 Å². The van der Waals surface area contributed by atoms with Crippen LogP contribution in [-0.2, 0) is 0 Å². The number of carbonyl (C=O) groups excluding carboxylic acids is 1. The smallest absolute Gasteiger partial charge is 0.255 e. The molecule has 0 spiro atoms. The number of nitrogens with zero attached hydrogens (tertiary/aromatic N) is 1. The van der Waals surface area contributed by atoms with Crippen molar-refractivity contribution in [1.82, 2.24) is 4.98 Å². The Morgan fingerprint density at radius 3 is 2.52 bits per heavy atom. The molecule has 5 nitrogen and oxygen atoms in total. The first kappa shape index (κ1) is 19.9. The van der Waals surface area contributed by atoms with Crippen molar-refractivity contribution in [2.24, 2.45) is 0 Å². The van der Waals surface area contributed by atoms with E-state index in [9.17, 15) is 4.79 Å². The van der Waals surface area contributed by atoms with Gasteiger partial charge in [-0.2, -0.15) is 0 Å². The largest absolute Gasteiger partial charge is 0.457 e. The lowest BCUT2D eigenvalue weighted by atomic mass is 10.1. The third-order valence-electron chi connectivity index (χ3n) is 4.34. The summed E-state index contributed by atoms with van der Waals surface area (Å²) in [6.07, 6.45) is 1.60. The fraction of sp³-hybridized carbons (Fsp3) is 0.0833. The quantitative estimate of drug-likeness (QED) is 0.465. The van der Waals surface area contributed by atoms with E-state index in [-0.39, 0.29) is 13.3 Å². The van der Waals surface area contributed by atoms with Crippen LogP contribution in [0.4, 0.5) is 11.5 Å². The molecule has 1 amide bonds. The van der Waals surface area contributed by atoms with Crippen LogP contribution in [-0.4, -0.2) is 10.9 Å². The van der Waals surface area contributed by atoms with E-state index in [2.05, 4.69) is 10.3 Å². The average Bonchev–Trinajstić information content (AvgIpc) is 2.67. The molecule has 3 N–H and O–H groups in total. The normalized spacial score (nSPS) is 10.2. The molecular formula is C24H23N3O2. The van der Waals surface area contributed by atoms with Gasteiger partial charge in [-0.25, -0.2) is 4.98 Å². The van der Waals surface area contributed by atoms with Gasteiger partial charge in [-0.15, -0.1) is 0 Å². The maximum absolute atomic E-state index is 12.6. The first-order chi connectivity index (χ1) is 13.6. The van der Waals surface area contributed by atoms with Crippen molar-refractivity contribution in [3.05, 3.63) is 90.1 Å². The van der Waals surface area contributed by atoms with Gasteiger partial charge >= 0.3 is 0 Å². The van der Waals surface area contributed by atoms with Crippen molar-refractivity contribution < 1.29 is 9.53 Å². The Morgan fingerprint density at radius 2 is 1.72 bits per heavy atom. The van der Waals surface area contributed by atoms with Crippen molar-refractivity contribution in [2.45, 2.75) is 14.4 Å². The molecule has 0 aliphatic carbocycles. The molecule has 0 saturated heterocycles. The third kappa shape index (κ3) is 4.71. The third-order valence-corrected chi connectivity index (χ3v) is 4.34. The van der Waals surface area contributed by atoms with Crippen LogP contribution >= 0.6 is 0 Å². The van der Waals surface area contributed by atoms with Crippen LogP contribution in [0.5, 0.6) is 11.5 Å². The number of benzene rings is 3. The molecule has 29 heavy (non-hydrogen) atoms. The summed E-state index contributed by atoms with van der Waals surface area (Å²) in [6, 6.07) is 22.5. The van der Waals surface area contributed by atoms with Gasteiger partial charge in [0.2, 0.25) is 0 Å². The van der Waals surface area contributed by atoms with E-state index in [0.29, 0.717) is 22.9 Å². The molecule has 1 heterocycles. The summed E-state index contributed by atoms with van der Waals surface area (Å²) in [5, 5.41) is 4.87. The van der Waals surface area contributed by atoms with Crippen LogP contribution < -0.4 is 15.8 Å². The molecule has 0 atom stereocenters. The van der Waals surface area contributed by atoms with Crippen LogP contribution in [0.25, 0.3) is 10.8 Å². The van der Waals surface area contributed by atoms with Crippen LogP contribution in [0.2, 0.25) is 0 Å². The summed E-state index contributed by atoms with van der Waals surface area (Å²) in [4.78, 5) is 16.6. The SMILES string of the molecule is C.Cc1cccc(NC(=O)c2ccc3ccc(Oc4ccnc(N)c4)cc3c2)c1. The second-order valence-electron chi connectivity index (χ2n) is 6.57. The molecule has 3 aromatic carbocycles. The zero-order valence-electron chi connectivity index (χ0n) is 15.3. The summed E-state index contributed by atoms with van der Waals surface area (Å²) < 4.78 is 5.86. The molecule has 0 aliphatic heterocycles. The summed E-state index contributed by atoms with van der Waals surface area (Å²) >= 11 is 0. The van der Waals surface area contributed by atoms with E-state index in [0.717, 1.165) is 22.0 Å². The predicted octanol–water partition coefficient (Wildman–Crippen LogP) is 5.81. The molecule has 146 valence electrons. The number of nitrogens with one attached hydrogen (secondary N) is 1. The standard InChI is InChI=1S/C23H19N3O2.CH4/c1-15-3-2-4-19(11-15)26-23(27)17-6-5-16-7-8-20(13-18(16)12-17)28-21-9-10-25-22(24)14-21;/h2-14H,1H3,(H2,24,25)(H,26,27);1H4. The van der Waals surface area contributed by atoms with E-state index in [1.807, 2.05) is 67.6 Å². The lowest BCUT2D eigenvalue weighted by Gasteiger charge is -2.09. The highest BCUT2D eigenvalue weighted by Crippen LogP contribution is 2.27. The number of anilines is 2.